The van der Waals surface area contributed by atoms with E-state index in [1.165, 1.54) is 12.1 Å². The summed E-state index contributed by atoms with van der Waals surface area (Å²) in [6.45, 7) is 1.80. The summed E-state index contributed by atoms with van der Waals surface area (Å²) in [6.07, 6.45) is 0.955. The zero-order valence-electron chi connectivity index (χ0n) is 11.6. The van der Waals surface area contributed by atoms with E-state index in [4.69, 9.17) is 23.2 Å². The van der Waals surface area contributed by atoms with Crippen LogP contribution in [0, 0.1) is 6.92 Å². The summed E-state index contributed by atoms with van der Waals surface area (Å²) in [5.41, 5.74) is 0.867. The molecule has 11 heteroatoms. The quantitative estimate of drug-likeness (QED) is 0.593. The van der Waals surface area contributed by atoms with E-state index in [2.05, 4.69) is 4.98 Å². The molecule has 0 fully saturated rings. The van der Waals surface area contributed by atoms with Gasteiger partial charge in [-0.3, -0.25) is 0 Å². The van der Waals surface area contributed by atoms with Crippen molar-refractivity contribution < 1.29 is 16.8 Å². The number of hydrogen-bond donors (Lipinski definition) is 2. The first-order chi connectivity index (χ1) is 10.6. The molecule has 0 atom stereocenters. The van der Waals surface area contributed by atoms with Gasteiger partial charge in [0.2, 0.25) is 0 Å². The topological polar surface area (TPSA) is 105 Å². The lowest BCUT2D eigenvalue weighted by Crippen LogP contribution is -2.41. The maximum atomic E-state index is 12.0. The van der Waals surface area contributed by atoms with Gasteiger partial charge in [0.25, 0.3) is 20.0 Å². The Labute approximate surface area is 143 Å². The summed E-state index contributed by atoms with van der Waals surface area (Å²) in [4.78, 5) is 6.74. The van der Waals surface area contributed by atoms with Crippen LogP contribution in [0.1, 0.15) is 5.56 Å². The van der Waals surface area contributed by atoms with E-state index in [1.54, 1.807) is 28.7 Å². The van der Waals surface area contributed by atoms with Gasteiger partial charge in [0.1, 0.15) is 10.0 Å². The van der Waals surface area contributed by atoms with E-state index in [0.717, 1.165) is 17.8 Å². The number of hydrogen-bond acceptors (Lipinski definition) is 5. The summed E-state index contributed by atoms with van der Waals surface area (Å²) in [5.74, 6) is 0. The van der Waals surface area contributed by atoms with Crippen molar-refractivity contribution >= 4 is 43.2 Å². The Bertz CT molecular complexity index is 929. The first-order valence-corrected chi connectivity index (χ1v) is 9.75. The summed E-state index contributed by atoms with van der Waals surface area (Å²) < 4.78 is 48.2. The molecule has 0 unspecified atom stereocenters. The number of nitrogens with zero attached hydrogens (tertiary/aromatic N) is 1. The van der Waals surface area contributed by atoms with Crippen molar-refractivity contribution in [2.75, 3.05) is 0 Å². The molecule has 1 heterocycles. The summed E-state index contributed by atoms with van der Waals surface area (Å²) in [7, 11) is -8.25. The van der Waals surface area contributed by atoms with Gasteiger partial charge in [-0.2, -0.15) is 0 Å². The highest BCUT2D eigenvalue weighted by Crippen LogP contribution is 2.21. The predicted molar refractivity (Wildman–Crippen MR) is 86.1 cm³/mol. The Kier molecular flexibility index (Phi) is 5.29. The zero-order chi connectivity index (χ0) is 17.3. The number of nitrogens with one attached hydrogen (secondary N) is 2. The molecule has 23 heavy (non-hydrogen) atoms. The Balaban J connectivity index is 2.21. The molecule has 0 aliphatic rings. The third-order valence-corrected chi connectivity index (χ3v) is 6.02. The minimum atomic E-state index is -4.19. The molecule has 0 spiro atoms. The Morgan fingerprint density at radius 2 is 1.43 bits per heavy atom. The SMILES string of the molecule is Cc1ccc(S(=O)(=O)NNS(=O)(=O)c2cnc(Cl)c(Cl)c2)cc1. The molecule has 0 aliphatic carbocycles. The van der Waals surface area contributed by atoms with E-state index in [1.807, 2.05) is 0 Å². The van der Waals surface area contributed by atoms with Gasteiger partial charge in [-0.15, -0.1) is 9.66 Å². The second-order valence-corrected chi connectivity index (χ2v) is 8.60. The molecule has 124 valence electrons. The van der Waals surface area contributed by atoms with Crippen molar-refractivity contribution in [3.05, 3.63) is 52.3 Å². The summed E-state index contributed by atoms with van der Waals surface area (Å²) >= 11 is 11.3. The fraction of sp³-hybridized carbons (Fsp3) is 0.0833. The molecule has 0 saturated heterocycles. The summed E-state index contributed by atoms with van der Waals surface area (Å²) in [6, 6.07) is 6.94. The van der Waals surface area contributed by atoms with Crippen LogP contribution in [-0.4, -0.2) is 21.8 Å². The first-order valence-electron chi connectivity index (χ1n) is 6.03. The van der Waals surface area contributed by atoms with Crippen LogP contribution in [0.3, 0.4) is 0 Å². The van der Waals surface area contributed by atoms with Crippen molar-refractivity contribution in [2.45, 2.75) is 16.7 Å². The van der Waals surface area contributed by atoms with E-state index < -0.39 is 20.0 Å². The largest absolute Gasteiger partial charge is 0.255 e. The minimum Gasteiger partial charge on any atom is -0.242 e. The molecule has 7 nitrogen and oxygen atoms in total. The van der Waals surface area contributed by atoms with Gasteiger partial charge in [-0.05, 0) is 25.1 Å². The molecular formula is C12H11Cl2N3O4S2. The highest BCUT2D eigenvalue weighted by atomic mass is 35.5. The van der Waals surface area contributed by atoms with Crippen molar-refractivity contribution in [3.63, 3.8) is 0 Å². The zero-order valence-corrected chi connectivity index (χ0v) is 14.8. The molecule has 0 radical (unpaired) electrons. The van der Waals surface area contributed by atoms with Gasteiger partial charge >= 0.3 is 0 Å². The van der Waals surface area contributed by atoms with Crippen LogP contribution in [0.15, 0.2) is 46.3 Å². The Morgan fingerprint density at radius 3 is 1.96 bits per heavy atom. The first kappa shape index (κ1) is 18.1. The lowest BCUT2D eigenvalue weighted by atomic mass is 10.2. The molecule has 1 aromatic heterocycles. The van der Waals surface area contributed by atoms with Crippen molar-refractivity contribution in [2.24, 2.45) is 0 Å². The maximum absolute atomic E-state index is 12.0. The third-order valence-electron chi connectivity index (χ3n) is 2.72. The van der Waals surface area contributed by atoms with Crippen molar-refractivity contribution in [1.29, 1.82) is 0 Å². The lowest BCUT2D eigenvalue weighted by molar-refractivity contribution is 0.557. The van der Waals surface area contributed by atoms with Crippen LogP contribution in [0.2, 0.25) is 10.2 Å². The van der Waals surface area contributed by atoms with Crippen LogP contribution >= 0.6 is 23.2 Å². The van der Waals surface area contributed by atoms with E-state index >= 15 is 0 Å². The average Bonchev–Trinajstić information content (AvgIpc) is 2.48. The minimum absolute atomic E-state index is 0.0640. The van der Waals surface area contributed by atoms with Crippen molar-refractivity contribution in [1.82, 2.24) is 14.6 Å². The van der Waals surface area contributed by atoms with Gasteiger partial charge in [-0.1, -0.05) is 40.9 Å². The second-order valence-electron chi connectivity index (χ2n) is 4.47. The van der Waals surface area contributed by atoms with E-state index in [9.17, 15) is 16.8 Å². The summed E-state index contributed by atoms with van der Waals surface area (Å²) in [5, 5.41) is -0.137. The number of halogens is 2. The number of sulfonamides is 2. The van der Waals surface area contributed by atoms with E-state index in [-0.39, 0.29) is 20.0 Å². The lowest BCUT2D eigenvalue weighted by Gasteiger charge is -2.09. The number of aryl methyl sites for hydroxylation is 1. The molecule has 2 N–H and O–H groups in total. The number of benzene rings is 1. The van der Waals surface area contributed by atoms with Crippen LogP contribution in [-0.2, 0) is 20.0 Å². The smallest absolute Gasteiger partial charge is 0.242 e. The average molecular weight is 396 g/mol. The van der Waals surface area contributed by atoms with Crippen molar-refractivity contribution in [3.8, 4) is 0 Å². The normalized spacial score (nSPS) is 12.3. The fourth-order valence-electron chi connectivity index (χ4n) is 1.50. The third kappa shape index (κ3) is 4.40. The molecule has 0 amide bonds. The second kappa shape index (κ2) is 6.71. The van der Waals surface area contributed by atoms with Crippen LogP contribution < -0.4 is 9.66 Å². The van der Waals surface area contributed by atoms with Gasteiger partial charge in [0, 0.05) is 6.20 Å². The highest BCUT2D eigenvalue weighted by molar-refractivity contribution is 7.92. The number of hydrazine groups is 1. The molecule has 2 rings (SSSR count). The number of aromatic nitrogens is 1. The van der Waals surface area contributed by atoms with Crippen LogP contribution in [0.4, 0.5) is 0 Å². The van der Waals surface area contributed by atoms with Gasteiger partial charge in [0.05, 0.1) is 9.92 Å². The van der Waals surface area contributed by atoms with Crippen LogP contribution in [0.5, 0.6) is 0 Å². The fourth-order valence-corrected chi connectivity index (χ4v) is 3.90. The molecule has 1 aromatic carbocycles. The number of rotatable bonds is 5. The molecule has 0 bridgehead atoms. The van der Waals surface area contributed by atoms with Crippen LogP contribution in [0.25, 0.3) is 0 Å². The van der Waals surface area contributed by atoms with Gasteiger partial charge in [-0.25, -0.2) is 21.8 Å². The number of pyridine rings is 1. The van der Waals surface area contributed by atoms with Gasteiger partial charge in [0.15, 0.2) is 0 Å². The monoisotopic (exact) mass is 395 g/mol. The molecule has 2 aromatic rings. The Hall–Kier alpha value is -1.23. The molecular weight excluding hydrogens is 385 g/mol. The van der Waals surface area contributed by atoms with E-state index in [0.29, 0.717) is 0 Å². The highest BCUT2D eigenvalue weighted by Gasteiger charge is 2.21. The molecule has 0 aliphatic heterocycles. The van der Waals surface area contributed by atoms with Gasteiger partial charge < -0.3 is 0 Å². The maximum Gasteiger partial charge on any atom is 0.255 e. The Morgan fingerprint density at radius 1 is 0.913 bits per heavy atom. The standard InChI is InChI=1S/C12H11Cl2N3O4S2/c1-8-2-4-9(5-3-8)22(18,19)16-17-23(20,21)10-6-11(13)12(14)15-7-10/h2-7,16-17H,1H3. The molecule has 0 saturated carbocycles. The predicted octanol–water partition coefficient (Wildman–Crippen LogP) is 1.87.